The topological polar surface area (TPSA) is 75.7 Å². The fourth-order valence-corrected chi connectivity index (χ4v) is 4.90. The highest BCUT2D eigenvalue weighted by molar-refractivity contribution is 7.89. The van der Waals surface area contributed by atoms with Crippen LogP contribution in [0.5, 0.6) is 0 Å². The lowest BCUT2D eigenvalue weighted by Gasteiger charge is -2.34. The van der Waals surface area contributed by atoms with Gasteiger partial charge in [0.15, 0.2) is 0 Å². The molecule has 2 aromatic rings. The molecule has 28 heavy (non-hydrogen) atoms. The maximum Gasteiger partial charge on any atom is 0.257 e. The number of nitrogens with zero attached hydrogens (tertiary/aromatic N) is 1. The number of carbonyl (C=O) groups excluding carboxylic acids is 1. The van der Waals surface area contributed by atoms with Gasteiger partial charge in [-0.1, -0.05) is 11.6 Å². The van der Waals surface area contributed by atoms with E-state index in [1.54, 1.807) is 0 Å². The summed E-state index contributed by atoms with van der Waals surface area (Å²) in [5.74, 6) is -1.06. The molecule has 6 nitrogen and oxygen atoms in total. The average molecular weight is 427 g/mol. The number of rotatable bonds is 4. The lowest BCUT2D eigenvalue weighted by Crippen LogP contribution is -2.48. The predicted molar refractivity (Wildman–Crippen MR) is 105 cm³/mol. The van der Waals surface area contributed by atoms with E-state index in [9.17, 15) is 17.6 Å². The molecule has 1 fully saturated rings. The average Bonchev–Trinajstić information content (AvgIpc) is 2.61. The first-order valence-electron chi connectivity index (χ1n) is 8.69. The van der Waals surface area contributed by atoms with Crippen molar-refractivity contribution in [1.82, 2.24) is 4.31 Å². The van der Waals surface area contributed by atoms with E-state index in [-0.39, 0.29) is 40.8 Å². The smallest absolute Gasteiger partial charge is 0.257 e. The van der Waals surface area contributed by atoms with Crippen molar-refractivity contribution in [2.45, 2.75) is 31.0 Å². The second-order valence-electron chi connectivity index (χ2n) is 6.68. The van der Waals surface area contributed by atoms with Gasteiger partial charge in [0.2, 0.25) is 10.0 Å². The van der Waals surface area contributed by atoms with Crippen molar-refractivity contribution < 1.29 is 22.3 Å². The van der Waals surface area contributed by atoms with Gasteiger partial charge in [0, 0.05) is 18.8 Å². The Morgan fingerprint density at radius 2 is 1.75 bits per heavy atom. The number of morpholine rings is 1. The van der Waals surface area contributed by atoms with E-state index >= 15 is 0 Å². The van der Waals surface area contributed by atoms with E-state index in [1.165, 1.54) is 34.6 Å². The molecule has 1 amide bonds. The van der Waals surface area contributed by atoms with Gasteiger partial charge in [0.1, 0.15) is 5.82 Å². The molecule has 9 heteroatoms. The molecule has 2 atom stereocenters. The van der Waals surface area contributed by atoms with E-state index in [0.29, 0.717) is 5.69 Å². The Morgan fingerprint density at radius 3 is 2.32 bits per heavy atom. The molecule has 1 saturated heterocycles. The van der Waals surface area contributed by atoms with Crippen LogP contribution in [0.2, 0.25) is 5.02 Å². The van der Waals surface area contributed by atoms with Crippen LogP contribution in [0.3, 0.4) is 0 Å². The number of amides is 1. The normalized spacial score (nSPS) is 20.7. The molecule has 0 spiro atoms. The monoisotopic (exact) mass is 426 g/mol. The molecular weight excluding hydrogens is 407 g/mol. The van der Waals surface area contributed by atoms with Crippen LogP contribution in [-0.4, -0.2) is 43.9 Å². The largest absolute Gasteiger partial charge is 0.373 e. The summed E-state index contributed by atoms with van der Waals surface area (Å²) in [6.07, 6.45) is -0.366. The zero-order valence-corrected chi connectivity index (χ0v) is 16.9. The van der Waals surface area contributed by atoms with E-state index in [4.69, 9.17) is 16.3 Å². The van der Waals surface area contributed by atoms with Crippen molar-refractivity contribution in [2.24, 2.45) is 0 Å². The summed E-state index contributed by atoms with van der Waals surface area (Å²) in [6.45, 7) is 4.23. The first-order valence-corrected chi connectivity index (χ1v) is 10.5. The first kappa shape index (κ1) is 20.7. The molecule has 2 aromatic carbocycles. The summed E-state index contributed by atoms with van der Waals surface area (Å²) in [7, 11) is -3.66. The van der Waals surface area contributed by atoms with Crippen molar-refractivity contribution in [2.75, 3.05) is 18.4 Å². The summed E-state index contributed by atoms with van der Waals surface area (Å²) < 4.78 is 45.8. The first-order chi connectivity index (χ1) is 13.2. The Balaban J connectivity index is 1.75. The summed E-state index contributed by atoms with van der Waals surface area (Å²) in [6, 6.07) is 9.33. The van der Waals surface area contributed by atoms with Crippen LogP contribution in [0.15, 0.2) is 47.4 Å². The van der Waals surface area contributed by atoms with Gasteiger partial charge in [-0.2, -0.15) is 4.31 Å². The Hall–Kier alpha value is -2.00. The van der Waals surface area contributed by atoms with Crippen LogP contribution in [0.4, 0.5) is 10.1 Å². The van der Waals surface area contributed by atoms with Crippen LogP contribution < -0.4 is 5.32 Å². The molecular formula is C19H20ClFN2O4S. The summed E-state index contributed by atoms with van der Waals surface area (Å²) in [5, 5.41) is 2.61. The Labute approximate surface area is 168 Å². The second-order valence-corrected chi connectivity index (χ2v) is 9.03. The zero-order valence-electron chi connectivity index (χ0n) is 15.4. The van der Waals surface area contributed by atoms with E-state index < -0.39 is 21.7 Å². The predicted octanol–water partition coefficient (Wildman–Crippen LogP) is 3.53. The third-order valence-electron chi connectivity index (χ3n) is 4.31. The molecule has 1 aliphatic rings. The second kappa shape index (κ2) is 8.16. The maximum atomic E-state index is 13.1. The zero-order chi connectivity index (χ0) is 20.5. The lowest BCUT2D eigenvalue weighted by atomic mass is 10.2. The fourth-order valence-electron chi connectivity index (χ4n) is 3.06. The van der Waals surface area contributed by atoms with Crippen LogP contribution >= 0.6 is 11.6 Å². The molecule has 0 radical (unpaired) electrons. The Bertz CT molecular complexity index is 972. The van der Waals surface area contributed by atoms with Gasteiger partial charge in [-0.3, -0.25) is 4.79 Å². The van der Waals surface area contributed by atoms with Crippen LogP contribution in [0.1, 0.15) is 24.2 Å². The molecule has 150 valence electrons. The van der Waals surface area contributed by atoms with Crippen molar-refractivity contribution in [3.63, 3.8) is 0 Å². The van der Waals surface area contributed by atoms with Crippen LogP contribution in [-0.2, 0) is 14.8 Å². The SMILES string of the molecule is CC1CN(S(=O)(=O)c2ccc(NC(=O)c3ccc(F)cc3Cl)cc2)CC(C)O1. The fraction of sp³-hybridized carbons (Fsp3) is 0.316. The summed E-state index contributed by atoms with van der Waals surface area (Å²) in [4.78, 5) is 12.4. The molecule has 0 aromatic heterocycles. The molecule has 0 saturated carbocycles. The summed E-state index contributed by atoms with van der Waals surface area (Å²) in [5.41, 5.74) is 0.518. The molecule has 2 unspecified atom stereocenters. The molecule has 1 heterocycles. The van der Waals surface area contributed by atoms with E-state index in [0.717, 1.165) is 12.1 Å². The van der Waals surface area contributed by atoms with Gasteiger partial charge >= 0.3 is 0 Å². The van der Waals surface area contributed by atoms with Crippen molar-refractivity contribution in [1.29, 1.82) is 0 Å². The maximum absolute atomic E-state index is 13.1. The van der Waals surface area contributed by atoms with Crippen LogP contribution in [0.25, 0.3) is 0 Å². The number of carbonyl (C=O) groups is 1. The molecule has 1 N–H and O–H groups in total. The van der Waals surface area contributed by atoms with Crippen molar-refractivity contribution >= 4 is 33.2 Å². The molecule has 1 aliphatic heterocycles. The van der Waals surface area contributed by atoms with Gasteiger partial charge in [0.25, 0.3) is 5.91 Å². The quantitative estimate of drug-likeness (QED) is 0.811. The van der Waals surface area contributed by atoms with Crippen molar-refractivity contribution in [3.05, 3.63) is 58.9 Å². The minimum Gasteiger partial charge on any atom is -0.373 e. The third-order valence-corrected chi connectivity index (χ3v) is 6.47. The number of anilines is 1. The molecule has 0 bridgehead atoms. The number of hydrogen-bond donors (Lipinski definition) is 1. The lowest BCUT2D eigenvalue weighted by molar-refractivity contribution is -0.0440. The number of benzene rings is 2. The number of sulfonamides is 1. The van der Waals surface area contributed by atoms with Gasteiger partial charge in [-0.05, 0) is 56.3 Å². The van der Waals surface area contributed by atoms with Gasteiger partial charge in [0.05, 0.1) is 27.7 Å². The Morgan fingerprint density at radius 1 is 1.14 bits per heavy atom. The molecule has 0 aliphatic carbocycles. The van der Waals surface area contributed by atoms with Gasteiger partial charge in [-0.15, -0.1) is 0 Å². The Kier molecular flexibility index (Phi) is 6.04. The van der Waals surface area contributed by atoms with Crippen molar-refractivity contribution in [3.8, 4) is 0 Å². The standard InChI is InChI=1S/C19H20ClFN2O4S/c1-12-10-23(11-13(2)27-12)28(25,26)16-6-4-15(5-7-16)22-19(24)17-8-3-14(21)9-18(17)20/h3-9,12-13H,10-11H2,1-2H3,(H,22,24). The number of hydrogen-bond acceptors (Lipinski definition) is 4. The third kappa shape index (κ3) is 4.52. The summed E-state index contributed by atoms with van der Waals surface area (Å²) >= 11 is 5.89. The number of halogens is 2. The minimum absolute atomic E-state index is 0.00717. The minimum atomic E-state index is -3.66. The highest BCUT2D eigenvalue weighted by Crippen LogP contribution is 2.23. The van der Waals surface area contributed by atoms with Crippen LogP contribution in [0, 0.1) is 5.82 Å². The number of ether oxygens (including phenoxy) is 1. The van der Waals surface area contributed by atoms with Gasteiger partial charge in [-0.25, -0.2) is 12.8 Å². The van der Waals surface area contributed by atoms with E-state index in [1.807, 2.05) is 13.8 Å². The number of nitrogens with one attached hydrogen (secondary N) is 1. The van der Waals surface area contributed by atoms with E-state index in [2.05, 4.69) is 5.32 Å². The highest BCUT2D eigenvalue weighted by Gasteiger charge is 2.32. The molecule has 3 rings (SSSR count). The highest BCUT2D eigenvalue weighted by atomic mass is 35.5. The van der Waals surface area contributed by atoms with Gasteiger partial charge < -0.3 is 10.1 Å².